The minimum Gasteiger partial charge on any atom is -0.371 e. The van der Waals surface area contributed by atoms with Crippen molar-refractivity contribution in [2.45, 2.75) is 32.1 Å². The Bertz CT molecular complexity index is 544. The molecule has 19 heavy (non-hydrogen) atoms. The molecule has 1 aromatic rings. The zero-order valence-corrected chi connectivity index (χ0v) is 12.6. The van der Waals surface area contributed by atoms with Gasteiger partial charge in [-0.2, -0.15) is 0 Å². The van der Waals surface area contributed by atoms with Gasteiger partial charge in [-0.15, -0.1) is 0 Å². The van der Waals surface area contributed by atoms with Crippen LogP contribution in [-0.2, 0) is 10.0 Å². The minimum absolute atomic E-state index is 0.169. The van der Waals surface area contributed by atoms with Gasteiger partial charge in [0.05, 0.1) is 4.90 Å². The average molecular weight is 282 g/mol. The Labute approximate surface area is 115 Å². The first-order chi connectivity index (χ1) is 8.68. The lowest BCUT2D eigenvalue weighted by molar-refractivity contribution is 0.263. The van der Waals surface area contributed by atoms with Crippen LogP contribution in [0, 0.1) is 11.3 Å². The Kier molecular flexibility index (Phi) is 3.62. The molecule has 0 spiro atoms. The van der Waals surface area contributed by atoms with Crippen molar-refractivity contribution in [3.05, 3.63) is 24.3 Å². The Morgan fingerprint density at radius 3 is 2.21 bits per heavy atom. The quantitative estimate of drug-likeness (QED) is 0.904. The van der Waals surface area contributed by atoms with Crippen LogP contribution < -0.4 is 10.0 Å². The van der Waals surface area contributed by atoms with Crippen LogP contribution in [0.4, 0.5) is 5.69 Å². The molecule has 2 rings (SSSR count). The first-order valence-electron chi connectivity index (χ1n) is 6.56. The molecule has 2 N–H and O–H groups in total. The monoisotopic (exact) mass is 282 g/mol. The van der Waals surface area contributed by atoms with E-state index in [0.717, 1.165) is 18.8 Å². The summed E-state index contributed by atoms with van der Waals surface area (Å²) in [5, 5.41) is 5.10. The first kappa shape index (κ1) is 14.3. The standard InChI is InChI=1S/C14H22N2O2S/c1-14(2,3)11-8-9-16(10-11)12-4-6-13(7-5-12)19(15,17)18/h4-7,11H,8-10H2,1-3H3,(H2,15,17,18). The molecule has 1 aliphatic rings. The summed E-state index contributed by atoms with van der Waals surface area (Å²) in [5.41, 5.74) is 1.38. The second-order valence-electron chi connectivity index (χ2n) is 6.34. The number of hydrogen-bond acceptors (Lipinski definition) is 3. The number of nitrogens with two attached hydrogens (primary N) is 1. The van der Waals surface area contributed by atoms with Crippen LogP contribution in [0.1, 0.15) is 27.2 Å². The molecular formula is C14H22N2O2S. The van der Waals surface area contributed by atoms with Gasteiger partial charge in [-0.3, -0.25) is 0 Å². The zero-order valence-electron chi connectivity index (χ0n) is 11.8. The highest BCUT2D eigenvalue weighted by atomic mass is 32.2. The highest BCUT2D eigenvalue weighted by molar-refractivity contribution is 7.89. The molecule has 0 amide bonds. The van der Waals surface area contributed by atoms with Crippen LogP contribution in [0.3, 0.4) is 0 Å². The smallest absolute Gasteiger partial charge is 0.238 e. The maximum atomic E-state index is 11.2. The van der Waals surface area contributed by atoms with Gasteiger partial charge < -0.3 is 4.90 Å². The fourth-order valence-electron chi connectivity index (χ4n) is 2.55. The molecule has 0 saturated carbocycles. The van der Waals surface area contributed by atoms with E-state index in [-0.39, 0.29) is 4.90 Å². The van der Waals surface area contributed by atoms with E-state index in [0.29, 0.717) is 11.3 Å². The van der Waals surface area contributed by atoms with E-state index >= 15 is 0 Å². The van der Waals surface area contributed by atoms with Crippen molar-refractivity contribution in [3.8, 4) is 0 Å². The lowest BCUT2D eigenvalue weighted by Crippen LogP contribution is -2.25. The number of primary sulfonamides is 1. The second kappa shape index (κ2) is 4.80. The molecule has 0 bridgehead atoms. The molecule has 1 saturated heterocycles. The third kappa shape index (κ3) is 3.28. The van der Waals surface area contributed by atoms with Gasteiger partial charge in [0.15, 0.2) is 0 Å². The maximum absolute atomic E-state index is 11.2. The van der Waals surface area contributed by atoms with Crippen molar-refractivity contribution in [2.75, 3.05) is 18.0 Å². The fraction of sp³-hybridized carbons (Fsp3) is 0.571. The summed E-state index contributed by atoms with van der Waals surface area (Å²) < 4.78 is 22.4. The molecule has 4 nitrogen and oxygen atoms in total. The predicted octanol–water partition coefficient (Wildman–Crippen LogP) is 2.21. The molecule has 0 radical (unpaired) electrons. The Morgan fingerprint density at radius 1 is 1.21 bits per heavy atom. The predicted molar refractivity (Wildman–Crippen MR) is 77.6 cm³/mol. The number of sulfonamides is 1. The first-order valence-corrected chi connectivity index (χ1v) is 8.10. The van der Waals surface area contributed by atoms with Gasteiger partial charge >= 0.3 is 0 Å². The Hall–Kier alpha value is -1.07. The van der Waals surface area contributed by atoms with Crippen molar-refractivity contribution in [1.29, 1.82) is 0 Å². The Morgan fingerprint density at radius 2 is 1.79 bits per heavy atom. The van der Waals surface area contributed by atoms with Crippen molar-refractivity contribution < 1.29 is 8.42 Å². The van der Waals surface area contributed by atoms with E-state index in [1.54, 1.807) is 12.1 Å². The van der Waals surface area contributed by atoms with E-state index in [2.05, 4.69) is 25.7 Å². The molecule has 5 heteroatoms. The van der Waals surface area contributed by atoms with E-state index in [4.69, 9.17) is 5.14 Å². The van der Waals surface area contributed by atoms with Crippen LogP contribution >= 0.6 is 0 Å². The van der Waals surface area contributed by atoms with Crippen LogP contribution in [0.15, 0.2) is 29.2 Å². The molecule has 1 fully saturated rings. The van der Waals surface area contributed by atoms with Gasteiger partial charge in [-0.05, 0) is 42.0 Å². The number of benzene rings is 1. The molecule has 1 aromatic carbocycles. The van der Waals surface area contributed by atoms with Gasteiger partial charge in [0.25, 0.3) is 0 Å². The number of hydrogen-bond donors (Lipinski definition) is 1. The van der Waals surface area contributed by atoms with Gasteiger partial charge in [-0.25, -0.2) is 13.6 Å². The van der Waals surface area contributed by atoms with Crippen LogP contribution in [0.25, 0.3) is 0 Å². The summed E-state index contributed by atoms with van der Waals surface area (Å²) in [4.78, 5) is 2.48. The SMILES string of the molecule is CC(C)(C)C1CCN(c2ccc(S(N)(=O)=O)cc2)C1. The van der Waals surface area contributed by atoms with E-state index in [1.165, 1.54) is 6.42 Å². The summed E-state index contributed by atoms with van der Waals surface area (Å²) in [7, 11) is -3.60. The molecule has 1 atom stereocenters. The summed E-state index contributed by atoms with van der Waals surface area (Å²) in [6.07, 6.45) is 1.18. The van der Waals surface area contributed by atoms with Crippen LogP contribution in [0.2, 0.25) is 0 Å². The third-order valence-corrected chi connectivity index (χ3v) is 4.87. The summed E-state index contributed by atoms with van der Waals surface area (Å²) >= 11 is 0. The molecular weight excluding hydrogens is 260 g/mol. The number of rotatable bonds is 2. The highest BCUT2D eigenvalue weighted by Crippen LogP contribution is 2.35. The molecule has 1 heterocycles. The van der Waals surface area contributed by atoms with Gasteiger partial charge in [0.2, 0.25) is 10.0 Å². The Balaban J connectivity index is 2.13. The molecule has 0 aromatic heterocycles. The lowest BCUT2D eigenvalue weighted by Gasteiger charge is -2.27. The normalized spacial score (nSPS) is 20.8. The van der Waals surface area contributed by atoms with Crippen molar-refractivity contribution in [1.82, 2.24) is 0 Å². The number of nitrogens with zero attached hydrogens (tertiary/aromatic N) is 1. The van der Waals surface area contributed by atoms with E-state index < -0.39 is 10.0 Å². The van der Waals surface area contributed by atoms with Crippen molar-refractivity contribution >= 4 is 15.7 Å². The average Bonchev–Trinajstić information content (AvgIpc) is 2.77. The van der Waals surface area contributed by atoms with E-state index in [1.807, 2.05) is 12.1 Å². The lowest BCUT2D eigenvalue weighted by atomic mass is 9.80. The minimum atomic E-state index is -3.60. The molecule has 0 aliphatic carbocycles. The van der Waals surface area contributed by atoms with Crippen molar-refractivity contribution in [3.63, 3.8) is 0 Å². The van der Waals surface area contributed by atoms with E-state index in [9.17, 15) is 8.42 Å². The number of anilines is 1. The van der Waals surface area contributed by atoms with Crippen molar-refractivity contribution in [2.24, 2.45) is 16.5 Å². The summed E-state index contributed by atoms with van der Waals surface area (Å²) in [6.45, 7) is 8.86. The maximum Gasteiger partial charge on any atom is 0.238 e. The van der Waals surface area contributed by atoms with Crippen LogP contribution in [0.5, 0.6) is 0 Å². The third-order valence-electron chi connectivity index (χ3n) is 3.94. The second-order valence-corrected chi connectivity index (χ2v) is 7.90. The van der Waals surface area contributed by atoms with Crippen LogP contribution in [-0.4, -0.2) is 21.5 Å². The summed E-state index contributed by atoms with van der Waals surface area (Å²) in [6, 6.07) is 6.83. The highest BCUT2D eigenvalue weighted by Gasteiger charge is 2.31. The molecule has 106 valence electrons. The molecule has 1 aliphatic heterocycles. The largest absolute Gasteiger partial charge is 0.371 e. The van der Waals surface area contributed by atoms with Gasteiger partial charge in [-0.1, -0.05) is 20.8 Å². The summed E-state index contributed by atoms with van der Waals surface area (Å²) in [5.74, 6) is 0.672. The van der Waals surface area contributed by atoms with Gasteiger partial charge in [0, 0.05) is 18.8 Å². The molecule has 1 unspecified atom stereocenters. The fourth-order valence-corrected chi connectivity index (χ4v) is 3.06. The topological polar surface area (TPSA) is 63.4 Å². The van der Waals surface area contributed by atoms with Gasteiger partial charge in [0.1, 0.15) is 0 Å². The zero-order chi connectivity index (χ0) is 14.3.